The van der Waals surface area contributed by atoms with Crippen LogP contribution in [-0.2, 0) is 13.3 Å². The molecule has 0 spiro atoms. The summed E-state index contributed by atoms with van der Waals surface area (Å²) >= 11 is 0. The highest BCUT2D eigenvalue weighted by atomic mass is 28.4. The molecule has 0 aromatic heterocycles. The van der Waals surface area contributed by atoms with E-state index in [1.54, 1.807) is 0 Å². The van der Waals surface area contributed by atoms with E-state index in [0.29, 0.717) is 6.54 Å². The fourth-order valence-corrected chi connectivity index (χ4v) is 4.46. The van der Waals surface area contributed by atoms with Crippen LogP contribution in [0.3, 0.4) is 0 Å². The molecule has 5 nitrogen and oxygen atoms in total. The fraction of sp³-hybridized carbons (Fsp3) is 1.00. The lowest BCUT2D eigenvalue weighted by Crippen LogP contribution is -2.48. The molecule has 0 aliphatic carbocycles. The zero-order chi connectivity index (χ0) is 16.5. The minimum Gasteiger partial charge on any atom is -0.373 e. The van der Waals surface area contributed by atoms with E-state index < -0.39 is 8.80 Å². The van der Waals surface area contributed by atoms with Crippen LogP contribution in [-0.4, -0.2) is 48.3 Å². The summed E-state index contributed by atoms with van der Waals surface area (Å²) < 4.78 is 18.5. The van der Waals surface area contributed by atoms with Gasteiger partial charge in [0.15, 0.2) is 0 Å². The van der Waals surface area contributed by atoms with Gasteiger partial charge in [0.25, 0.3) is 0 Å². The maximum absolute atomic E-state index is 6.17. The van der Waals surface area contributed by atoms with Gasteiger partial charge < -0.3 is 24.3 Å². The normalized spacial score (nSPS) is 12.0. The molecule has 0 aliphatic heterocycles. The first-order valence-electron chi connectivity index (χ1n) is 9.07. The minimum atomic E-state index is -2.56. The summed E-state index contributed by atoms with van der Waals surface area (Å²) in [5, 5.41) is 3.33. The quantitative estimate of drug-likeness (QED) is 0.316. The second kappa shape index (κ2) is 15.9. The van der Waals surface area contributed by atoms with Crippen LogP contribution < -0.4 is 11.1 Å². The average Bonchev–Trinajstić information content (AvgIpc) is 2.52. The zero-order valence-electron chi connectivity index (χ0n) is 15.0. The number of unbranched alkanes of at least 4 members (excludes halogenated alkanes) is 3. The average molecular weight is 335 g/mol. The molecule has 0 radical (unpaired) electrons. The summed E-state index contributed by atoms with van der Waals surface area (Å²) in [6.07, 6.45) is 6.54. The van der Waals surface area contributed by atoms with Crippen molar-refractivity contribution in [1.82, 2.24) is 5.32 Å². The van der Waals surface area contributed by atoms with E-state index in [2.05, 4.69) is 26.1 Å². The molecule has 0 aromatic carbocycles. The second-order valence-electron chi connectivity index (χ2n) is 5.58. The molecule has 0 bridgehead atoms. The van der Waals surface area contributed by atoms with E-state index in [1.165, 1.54) is 0 Å². The molecule has 0 unspecified atom stereocenters. The molecule has 0 fully saturated rings. The van der Waals surface area contributed by atoms with Crippen molar-refractivity contribution in [2.45, 2.75) is 65.3 Å². The number of hydrogen-bond donors (Lipinski definition) is 2. The summed E-state index contributed by atoms with van der Waals surface area (Å²) in [6, 6.07) is 0.824. The molecule has 0 saturated carbocycles. The standard InChI is InChI=1S/C16H38N2O3Si/c1-4-7-13-19-22(20-14-8-5-2,21-15-9-6-3)16-12-18-11-10-17/h18H,4-17H2,1-3H3. The van der Waals surface area contributed by atoms with E-state index in [-0.39, 0.29) is 0 Å². The van der Waals surface area contributed by atoms with Crippen molar-refractivity contribution in [3.05, 3.63) is 0 Å². The third kappa shape index (κ3) is 11.6. The van der Waals surface area contributed by atoms with Gasteiger partial charge in [0.1, 0.15) is 0 Å². The van der Waals surface area contributed by atoms with Crippen molar-refractivity contribution < 1.29 is 13.3 Å². The van der Waals surface area contributed by atoms with E-state index in [4.69, 9.17) is 19.0 Å². The molecular weight excluding hydrogens is 296 g/mol. The highest BCUT2D eigenvalue weighted by Crippen LogP contribution is 2.18. The van der Waals surface area contributed by atoms with Crippen molar-refractivity contribution in [2.75, 3.05) is 39.5 Å². The van der Waals surface area contributed by atoms with Crippen LogP contribution >= 0.6 is 0 Å². The zero-order valence-corrected chi connectivity index (χ0v) is 16.0. The van der Waals surface area contributed by atoms with Crippen LogP contribution in [0.15, 0.2) is 0 Å². The Morgan fingerprint density at radius 2 is 1.23 bits per heavy atom. The topological polar surface area (TPSA) is 65.7 Å². The van der Waals surface area contributed by atoms with Crippen molar-refractivity contribution in [3.63, 3.8) is 0 Å². The van der Waals surface area contributed by atoms with E-state index in [1.807, 2.05) is 0 Å². The molecule has 6 heteroatoms. The molecule has 22 heavy (non-hydrogen) atoms. The first kappa shape index (κ1) is 22.0. The predicted octanol–water partition coefficient (Wildman–Crippen LogP) is 2.92. The number of rotatable bonds is 17. The van der Waals surface area contributed by atoms with Gasteiger partial charge in [-0.2, -0.15) is 0 Å². The summed E-state index contributed by atoms with van der Waals surface area (Å²) in [6.45, 7) is 11.0. The number of nitrogens with one attached hydrogen (secondary N) is 1. The number of nitrogens with two attached hydrogens (primary N) is 1. The van der Waals surface area contributed by atoms with Gasteiger partial charge in [-0.3, -0.25) is 0 Å². The van der Waals surface area contributed by atoms with Crippen LogP contribution in [0.4, 0.5) is 0 Å². The van der Waals surface area contributed by atoms with Gasteiger partial charge in [-0.1, -0.05) is 40.0 Å². The highest BCUT2D eigenvalue weighted by molar-refractivity contribution is 6.60. The molecule has 3 N–H and O–H groups in total. The van der Waals surface area contributed by atoms with Gasteiger partial charge in [0, 0.05) is 39.0 Å². The van der Waals surface area contributed by atoms with Crippen LogP contribution in [0.1, 0.15) is 59.3 Å². The predicted molar refractivity (Wildman–Crippen MR) is 95.1 cm³/mol. The summed E-state index contributed by atoms with van der Waals surface area (Å²) in [5.74, 6) is 0. The van der Waals surface area contributed by atoms with Crippen molar-refractivity contribution >= 4 is 8.80 Å². The SMILES string of the molecule is CCCCO[Si](CCNCCN)(OCCCC)OCCCC. The Kier molecular flexibility index (Phi) is 15.9. The van der Waals surface area contributed by atoms with Crippen LogP contribution in [0.2, 0.25) is 6.04 Å². The molecule has 0 aromatic rings. The van der Waals surface area contributed by atoms with Gasteiger partial charge in [-0.05, 0) is 25.8 Å². The second-order valence-corrected chi connectivity index (χ2v) is 8.31. The van der Waals surface area contributed by atoms with E-state index in [9.17, 15) is 0 Å². The van der Waals surface area contributed by atoms with Gasteiger partial charge in [-0.25, -0.2) is 0 Å². The minimum absolute atomic E-state index is 0.651. The highest BCUT2D eigenvalue weighted by Gasteiger charge is 2.40. The number of hydrogen-bond acceptors (Lipinski definition) is 5. The lowest BCUT2D eigenvalue weighted by molar-refractivity contribution is 0.0564. The Morgan fingerprint density at radius 1 is 0.773 bits per heavy atom. The third-order valence-corrected chi connectivity index (χ3v) is 6.18. The maximum Gasteiger partial charge on any atom is 0.502 e. The van der Waals surface area contributed by atoms with Gasteiger partial charge in [-0.15, -0.1) is 0 Å². The lowest BCUT2D eigenvalue weighted by atomic mass is 10.4. The molecule has 0 amide bonds. The summed E-state index contributed by atoms with van der Waals surface area (Å²) in [5.41, 5.74) is 5.53. The molecule has 0 heterocycles. The first-order chi connectivity index (χ1) is 10.7. The molecule has 0 aliphatic rings. The third-order valence-electron chi connectivity index (χ3n) is 3.39. The lowest BCUT2D eigenvalue weighted by Gasteiger charge is -2.30. The Balaban J connectivity index is 4.53. The van der Waals surface area contributed by atoms with Crippen LogP contribution in [0.25, 0.3) is 0 Å². The van der Waals surface area contributed by atoms with Crippen LogP contribution in [0, 0.1) is 0 Å². The van der Waals surface area contributed by atoms with E-state index in [0.717, 1.165) is 77.5 Å². The summed E-state index contributed by atoms with van der Waals surface area (Å²) in [4.78, 5) is 0. The molecular formula is C16H38N2O3Si. The molecule has 0 rings (SSSR count). The van der Waals surface area contributed by atoms with Crippen molar-refractivity contribution in [1.29, 1.82) is 0 Å². The Bertz CT molecular complexity index is 207. The van der Waals surface area contributed by atoms with Gasteiger partial charge >= 0.3 is 8.80 Å². The van der Waals surface area contributed by atoms with Crippen molar-refractivity contribution in [2.24, 2.45) is 5.73 Å². The monoisotopic (exact) mass is 334 g/mol. The molecule has 134 valence electrons. The van der Waals surface area contributed by atoms with Crippen molar-refractivity contribution in [3.8, 4) is 0 Å². The molecule has 0 atom stereocenters. The summed E-state index contributed by atoms with van der Waals surface area (Å²) in [7, 11) is -2.56. The van der Waals surface area contributed by atoms with Gasteiger partial charge in [0.2, 0.25) is 0 Å². The Hall–Kier alpha value is 0.0169. The van der Waals surface area contributed by atoms with E-state index >= 15 is 0 Å². The van der Waals surface area contributed by atoms with Crippen LogP contribution in [0.5, 0.6) is 0 Å². The fourth-order valence-electron chi connectivity index (χ4n) is 1.93. The Labute approximate surface area is 138 Å². The maximum atomic E-state index is 6.17. The largest absolute Gasteiger partial charge is 0.502 e. The smallest absolute Gasteiger partial charge is 0.373 e. The molecule has 0 saturated heterocycles. The van der Waals surface area contributed by atoms with Gasteiger partial charge in [0.05, 0.1) is 0 Å². The first-order valence-corrected chi connectivity index (χ1v) is 11.0. The Morgan fingerprint density at radius 3 is 1.59 bits per heavy atom.